The Labute approximate surface area is 108 Å². The molecule has 1 rings (SSSR count). The van der Waals surface area contributed by atoms with Gasteiger partial charge in [0.1, 0.15) is 0 Å². The lowest BCUT2D eigenvalue weighted by molar-refractivity contribution is 0.0878. The molecule has 0 aliphatic heterocycles. The molecule has 0 aromatic heterocycles. The second-order valence-corrected chi connectivity index (χ2v) is 3.86. The van der Waals surface area contributed by atoms with Crippen LogP contribution in [0.2, 0.25) is 0 Å². The van der Waals surface area contributed by atoms with E-state index >= 15 is 0 Å². The van der Waals surface area contributed by atoms with Crippen LogP contribution in [0, 0.1) is 0 Å². The van der Waals surface area contributed by atoms with Gasteiger partial charge in [-0.05, 0) is 24.6 Å². The van der Waals surface area contributed by atoms with Crippen molar-refractivity contribution in [2.75, 3.05) is 27.4 Å². The number of ketones is 1. The van der Waals surface area contributed by atoms with Gasteiger partial charge in [0, 0.05) is 18.6 Å². The average molecular weight is 252 g/mol. The molecule has 0 N–H and O–H groups in total. The van der Waals surface area contributed by atoms with Crippen molar-refractivity contribution in [3.8, 4) is 11.5 Å². The van der Waals surface area contributed by atoms with Gasteiger partial charge in [-0.25, -0.2) is 0 Å². The van der Waals surface area contributed by atoms with Gasteiger partial charge in [0.15, 0.2) is 17.3 Å². The number of hydrogen-bond acceptors (Lipinski definition) is 4. The Balaban J connectivity index is 2.62. The van der Waals surface area contributed by atoms with E-state index in [0.717, 1.165) is 6.42 Å². The summed E-state index contributed by atoms with van der Waals surface area (Å²) in [6.45, 7) is 3.19. The Hall–Kier alpha value is -1.55. The van der Waals surface area contributed by atoms with Crippen LogP contribution < -0.4 is 9.47 Å². The molecule has 4 nitrogen and oxygen atoms in total. The molecule has 1 aromatic carbocycles. The third-order valence-corrected chi connectivity index (χ3v) is 2.53. The van der Waals surface area contributed by atoms with Crippen LogP contribution in [0.25, 0.3) is 0 Å². The van der Waals surface area contributed by atoms with Crippen molar-refractivity contribution in [2.24, 2.45) is 0 Å². The summed E-state index contributed by atoms with van der Waals surface area (Å²) in [6.07, 6.45) is 1.35. The maximum Gasteiger partial charge on any atom is 0.165 e. The third-order valence-electron chi connectivity index (χ3n) is 2.53. The van der Waals surface area contributed by atoms with Gasteiger partial charge in [0.25, 0.3) is 0 Å². The van der Waals surface area contributed by atoms with E-state index in [2.05, 4.69) is 0 Å². The monoisotopic (exact) mass is 252 g/mol. The number of carbonyl (C=O) groups excluding carboxylic acids is 1. The summed E-state index contributed by atoms with van der Waals surface area (Å²) in [6, 6.07) is 5.17. The van der Waals surface area contributed by atoms with E-state index in [0.29, 0.717) is 36.7 Å². The van der Waals surface area contributed by atoms with E-state index in [-0.39, 0.29) is 5.78 Å². The molecule has 0 amide bonds. The molecule has 0 aliphatic rings. The van der Waals surface area contributed by atoms with Crippen LogP contribution in [-0.2, 0) is 4.74 Å². The van der Waals surface area contributed by atoms with Gasteiger partial charge >= 0.3 is 0 Å². The quantitative estimate of drug-likeness (QED) is 0.527. The molecule has 0 fully saturated rings. The van der Waals surface area contributed by atoms with Gasteiger partial charge in [-0.15, -0.1) is 0 Å². The smallest absolute Gasteiger partial charge is 0.165 e. The van der Waals surface area contributed by atoms with Crippen molar-refractivity contribution in [1.29, 1.82) is 0 Å². The van der Waals surface area contributed by atoms with E-state index < -0.39 is 0 Å². The lowest BCUT2D eigenvalue weighted by Gasteiger charge is -2.09. The zero-order valence-corrected chi connectivity index (χ0v) is 11.2. The highest BCUT2D eigenvalue weighted by Crippen LogP contribution is 2.27. The first-order valence-electron chi connectivity index (χ1n) is 6.05. The van der Waals surface area contributed by atoms with Gasteiger partial charge in [-0.1, -0.05) is 6.92 Å². The maximum absolute atomic E-state index is 11.9. The van der Waals surface area contributed by atoms with Gasteiger partial charge in [0.05, 0.1) is 20.8 Å². The summed E-state index contributed by atoms with van der Waals surface area (Å²) in [5.41, 5.74) is 0.618. The number of hydrogen-bond donors (Lipinski definition) is 0. The fourth-order valence-electron chi connectivity index (χ4n) is 1.57. The number of methoxy groups -OCH3 is 2. The molecule has 4 heteroatoms. The summed E-state index contributed by atoms with van der Waals surface area (Å²) in [7, 11) is 3.12. The Bertz CT molecular complexity index is 387. The summed E-state index contributed by atoms with van der Waals surface area (Å²) >= 11 is 0. The van der Waals surface area contributed by atoms with E-state index in [1.807, 2.05) is 6.92 Å². The number of ether oxygens (including phenoxy) is 3. The Morgan fingerprint density at radius 3 is 2.44 bits per heavy atom. The molecule has 0 atom stereocenters. The lowest BCUT2D eigenvalue weighted by atomic mass is 10.1. The predicted octanol–water partition coefficient (Wildman–Crippen LogP) is 2.70. The van der Waals surface area contributed by atoms with Crippen molar-refractivity contribution in [3.05, 3.63) is 23.8 Å². The fourth-order valence-corrected chi connectivity index (χ4v) is 1.57. The normalized spacial score (nSPS) is 10.2. The molecule has 0 saturated carbocycles. The Morgan fingerprint density at radius 1 is 1.11 bits per heavy atom. The Kier molecular flexibility index (Phi) is 6.22. The number of carbonyl (C=O) groups is 1. The molecule has 0 bridgehead atoms. The van der Waals surface area contributed by atoms with Crippen LogP contribution in [-0.4, -0.2) is 33.2 Å². The van der Waals surface area contributed by atoms with Crippen molar-refractivity contribution >= 4 is 5.78 Å². The number of benzene rings is 1. The molecular formula is C14H20O4. The van der Waals surface area contributed by atoms with Crippen LogP contribution in [0.1, 0.15) is 30.1 Å². The molecular weight excluding hydrogens is 232 g/mol. The predicted molar refractivity (Wildman–Crippen MR) is 69.6 cm³/mol. The minimum Gasteiger partial charge on any atom is -0.493 e. The summed E-state index contributed by atoms with van der Waals surface area (Å²) < 4.78 is 15.6. The SMILES string of the molecule is CCCOCCC(=O)c1ccc(OC)c(OC)c1. The zero-order valence-electron chi connectivity index (χ0n) is 11.2. The van der Waals surface area contributed by atoms with Gasteiger partial charge in [-0.2, -0.15) is 0 Å². The third kappa shape index (κ3) is 4.04. The number of Topliss-reactive ketones (excluding diaryl/α,β-unsaturated/α-hetero) is 1. The minimum atomic E-state index is 0.0482. The van der Waals surface area contributed by atoms with Crippen LogP contribution in [0.5, 0.6) is 11.5 Å². The van der Waals surface area contributed by atoms with Gasteiger partial charge in [-0.3, -0.25) is 4.79 Å². The first kappa shape index (κ1) is 14.5. The van der Waals surface area contributed by atoms with Crippen LogP contribution >= 0.6 is 0 Å². The first-order valence-corrected chi connectivity index (χ1v) is 6.05. The van der Waals surface area contributed by atoms with E-state index in [4.69, 9.17) is 14.2 Å². The van der Waals surface area contributed by atoms with Crippen LogP contribution in [0.3, 0.4) is 0 Å². The molecule has 0 radical (unpaired) electrons. The van der Waals surface area contributed by atoms with Crippen LogP contribution in [0.15, 0.2) is 18.2 Å². The Morgan fingerprint density at radius 2 is 1.83 bits per heavy atom. The maximum atomic E-state index is 11.9. The second kappa shape index (κ2) is 7.71. The average Bonchev–Trinajstić information content (AvgIpc) is 2.42. The van der Waals surface area contributed by atoms with E-state index in [1.54, 1.807) is 32.4 Å². The van der Waals surface area contributed by atoms with Crippen molar-refractivity contribution < 1.29 is 19.0 Å². The first-order chi connectivity index (χ1) is 8.72. The van der Waals surface area contributed by atoms with Crippen molar-refractivity contribution in [1.82, 2.24) is 0 Å². The van der Waals surface area contributed by atoms with Gasteiger partial charge in [0.2, 0.25) is 0 Å². The standard InChI is InChI=1S/C14H20O4/c1-4-8-18-9-7-12(15)11-5-6-13(16-2)14(10-11)17-3/h5-6,10H,4,7-9H2,1-3H3. The molecule has 1 aromatic rings. The topological polar surface area (TPSA) is 44.8 Å². The fraction of sp³-hybridized carbons (Fsp3) is 0.500. The van der Waals surface area contributed by atoms with Crippen molar-refractivity contribution in [2.45, 2.75) is 19.8 Å². The molecule has 0 heterocycles. The largest absolute Gasteiger partial charge is 0.493 e. The molecule has 0 saturated heterocycles. The highest BCUT2D eigenvalue weighted by atomic mass is 16.5. The lowest BCUT2D eigenvalue weighted by Crippen LogP contribution is -2.06. The van der Waals surface area contributed by atoms with E-state index in [9.17, 15) is 4.79 Å². The molecule has 0 aliphatic carbocycles. The molecule has 0 unspecified atom stereocenters. The minimum absolute atomic E-state index is 0.0482. The summed E-state index contributed by atoms with van der Waals surface area (Å²) in [5, 5.41) is 0. The highest BCUT2D eigenvalue weighted by molar-refractivity contribution is 5.96. The zero-order chi connectivity index (χ0) is 13.4. The van der Waals surface area contributed by atoms with Crippen molar-refractivity contribution in [3.63, 3.8) is 0 Å². The second-order valence-electron chi connectivity index (χ2n) is 3.86. The van der Waals surface area contributed by atoms with Crippen LogP contribution in [0.4, 0.5) is 0 Å². The molecule has 0 spiro atoms. The molecule has 100 valence electrons. The number of rotatable bonds is 8. The van der Waals surface area contributed by atoms with E-state index in [1.165, 1.54) is 0 Å². The molecule has 18 heavy (non-hydrogen) atoms. The summed E-state index contributed by atoms with van der Waals surface area (Å²) in [4.78, 5) is 11.9. The summed E-state index contributed by atoms with van der Waals surface area (Å²) in [5.74, 6) is 1.24. The van der Waals surface area contributed by atoms with Gasteiger partial charge < -0.3 is 14.2 Å². The highest BCUT2D eigenvalue weighted by Gasteiger charge is 2.10.